The lowest BCUT2D eigenvalue weighted by Gasteiger charge is -2.34. The first-order valence-electron chi connectivity index (χ1n) is 5.17. The second-order valence-corrected chi connectivity index (χ2v) is 3.97. The zero-order valence-electron chi connectivity index (χ0n) is 9.25. The van der Waals surface area contributed by atoms with Crippen LogP contribution in [0.3, 0.4) is 0 Å². The Hall–Kier alpha value is -0.610. The molecule has 1 N–H and O–H groups in total. The molecule has 0 radical (unpaired) electrons. The molecule has 4 nitrogen and oxygen atoms in total. The van der Waals surface area contributed by atoms with Gasteiger partial charge in [0.1, 0.15) is 0 Å². The van der Waals surface area contributed by atoms with Crippen molar-refractivity contribution in [3.05, 3.63) is 0 Å². The molecule has 1 saturated heterocycles. The summed E-state index contributed by atoms with van der Waals surface area (Å²) in [6.07, 6.45) is 0. The van der Waals surface area contributed by atoms with Crippen LogP contribution in [0.2, 0.25) is 0 Å². The van der Waals surface area contributed by atoms with Gasteiger partial charge < -0.3 is 10.1 Å². The molecule has 0 saturated carbocycles. The number of hydrogen-bond acceptors (Lipinski definition) is 4. The van der Waals surface area contributed by atoms with Gasteiger partial charge in [-0.1, -0.05) is 6.92 Å². The van der Waals surface area contributed by atoms with Gasteiger partial charge in [-0.25, -0.2) is 0 Å². The molecule has 1 fully saturated rings. The van der Waals surface area contributed by atoms with Crippen molar-refractivity contribution in [2.45, 2.75) is 19.9 Å². The minimum atomic E-state index is -0.115. The largest absolute Gasteiger partial charge is 0.469 e. The Bertz CT molecular complexity index is 197. The van der Waals surface area contributed by atoms with Crippen LogP contribution in [0.5, 0.6) is 0 Å². The van der Waals surface area contributed by atoms with E-state index in [9.17, 15) is 4.79 Å². The van der Waals surface area contributed by atoms with E-state index in [1.165, 1.54) is 7.11 Å². The van der Waals surface area contributed by atoms with Crippen molar-refractivity contribution in [3.63, 3.8) is 0 Å². The van der Waals surface area contributed by atoms with Gasteiger partial charge in [-0.15, -0.1) is 0 Å². The van der Waals surface area contributed by atoms with Gasteiger partial charge in [0.05, 0.1) is 13.0 Å². The SMILES string of the molecule is COC(=O)C(C)CN1CCNC[C@@H]1C. The summed E-state index contributed by atoms with van der Waals surface area (Å²) in [4.78, 5) is 13.6. The lowest BCUT2D eigenvalue weighted by Crippen LogP contribution is -2.51. The van der Waals surface area contributed by atoms with E-state index >= 15 is 0 Å². The molecule has 0 aromatic heterocycles. The Labute approximate surface area is 85.6 Å². The van der Waals surface area contributed by atoms with E-state index in [0.29, 0.717) is 6.04 Å². The van der Waals surface area contributed by atoms with Gasteiger partial charge in [0.2, 0.25) is 0 Å². The molecule has 1 heterocycles. The summed E-state index contributed by atoms with van der Waals surface area (Å²) >= 11 is 0. The molecule has 1 rings (SSSR count). The number of nitrogens with zero attached hydrogens (tertiary/aromatic N) is 1. The van der Waals surface area contributed by atoms with E-state index in [2.05, 4.69) is 17.1 Å². The zero-order valence-corrected chi connectivity index (χ0v) is 9.25. The maximum Gasteiger partial charge on any atom is 0.309 e. The summed E-state index contributed by atoms with van der Waals surface area (Å²) in [5.74, 6) is -0.142. The maximum absolute atomic E-state index is 11.2. The van der Waals surface area contributed by atoms with Crippen LogP contribution in [-0.4, -0.2) is 50.2 Å². The quantitative estimate of drug-likeness (QED) is 0.656. The van der Waals surface area contributed by atoms with Gasteiger partial charge in [0.15, 0.2) is 0 Å². The normalized spacial score (nSPS) is 25.8. The first-order chi connectivity index (χ1) is 6.65. The Morgan fingerprint density at radius 2 is 2.43 bits per heavy atom. The van der Waals surface area contributed by atoms with E-state index in [4.69, 9.17) is 4.74 Å². The highest BCUT2D eigenvalue weighted by Crippen LogP contribution is 2.07. The number of esters is 1. The third-order valence-electron chi connectivity index (χ3n) is 2.75. The van der Waals surface area contributed by atoms with Crippen LogP contribution >= 0.6 is 0 Å². The molecular weight excluding hydrogens is 180 g/mol. The smallest absolute Gasteiger partial charge is 0.309 e. The Balaban J connectivity index is 2.38. The number of rotatable bonds is 3. The molecule has 82 valence electrons. The Morgan fingerprint density at radius 1 is 1.71 bits per heavy atom. The number of piperazine rings is 1. The van der Waals surface area contributed by atoms with E-state index in [1.807, 2.05) is 6.92 Å². The van der Waals surface area contributed by atoms with E-state index in [-0.39, 0.29) is 11.9 Å². The van der Waals surface area contributed by atoms with E-state index in [0.717, 1.165) is 26.2 Å². The van der Waals surface area contributed by atoms with Crippen molar-refractivity contribution in [3.8, 4) is 0 Å². The van der Waals surface area contributed by atoms with Crippen LogP contribution in [-0.2, 0) is 9.53 Å². The van der Waals surface area contributed by atoms with E-state index < -0.39 is 0 Å². The number of ether oxygens (including phenoxy) is 1. The molecule has 0 spiro atoms. The zero-order chi connectivity index (χ0) is 10.6. The summed E-state index contributed by atoms with van der Waals surface area (Å²) in [6.45, 7) is 7.93. The predicted octanol–water partition coefficient (Wildman–Crippen LogP) is 0.0892. The molecule has 14 heavy (non-hydrogen) atoms. The van der Waals surface area contributed by atoms with Crippen molar-refractivity contribution < 1.29 is 9.53 Å². The number of carbonyl (C=O) groups is 1. The molecule has 1 aliphatic rings. The van der Waals surface area contributed by atoms with Crippen molar-refractivity contribution >= 4 is 5.97 Å². The minimum Gasteiger partial charge on any atom is -0.469 e. The summed E-state index contributed by atoms with van der Waals surface area (Å²) in [5, 5.41) is 3.32. The molecule has 2 atom stereocenters. The standard InChI is InChI=1S/C10H20N2O2/c1-8(10(13)14-3)7-12-5-4-11-6-9(12)2/h8-9,11H,4-7H2,1-3H3/t8?,9-/m0/s1. The fourth-order valence-corrected chi connectivity index (χ4v) is 1.78. The highest BCUT2D eigenvalue weighted by Gasteiger charge is 2.22. The molecule has 0 aromatic carbocycles. The minimum absolute atomic E-state index is 0.0273. The lowest BCUT2D eigenvalue weighted by molar-refractivity contribution is -0.145. The average Bonchev–Trinajstić information content (AvgIpc) is 2.20. The van der Waals surface area contributed by atoms with Gasteiger partial charge in [-0.3, -0.25) is 9.69 Å². The van der Waals surface area contributed by atoms with Crippen LogP contribution < -0.4 is 5.32 Å². The van der Waals surface area contributed by atoms with Crippen LogP contribution in [0.25, 0.3) is 0 Å². The van der Waals surface area contributed by atoms with Crippen molar-refractivity contribution in [2.24, 2.45) is 5.92 Å². The summed E-state index contributed by atoms with van der Waals surface area (Å²) < 4.78 is 4.71. The molecule has 0 bridgehead atoms. The van der Waals surface area contributed by atoms with Crippen molar-refractivity contribution in [1.29, 1.82) is 0 Å². The predicted molar refractivity (Wildman–Crippen MR) is 55.1 cm³/mol. The first kappa shape index (κ1) is 11.5. The Kier molecular flexibility index (Phi) is 4.35. The summed E-state index contributed by atoms with van der Waals surface area (Å²) in [6, 6.07) is 0.510. The van der Waals surface area contributed by atoms with Gasteiger partial charge in [0.25, 0.3) is 0 Å². The Morgan fingerprint density at radius 3 is 3.00 bits per heavy atom. The third-order valence-corrected chi connectivity index (χ3v) is 2.75. The van der Waals surface area contributed by atoms with E-state index in [1.54, 1.807) is 0 Å². The van der Waals surface area contributed by atoms with Gasteiger partial charge in [-0.05, 0) is 6.92 Å². The molecule has 4 heteroatoms. The fraction of sp³-hybridized carbons (Fsp3) is 0.900. The monoisotopic (exact) mass is 200 g/mol. The second kappa shape index (κ2) is 5.32. The third kappa shape index (κ3) is 2.96. The topological polar surface area (TPSA) is 41.6 Å². The van der Waals surface area contributed by atoms with Gasteiger partial charge in [0, 0.05) is 32.2 Å². The molecule has 0 aliphatic carbocycles. The molecule has 1 aliphatic heterocycles. The highest BCUT2D eigenvalue weighted by atomic mass is 16.5. The van der Waals surface area contributed by atoms with Crippen LogP contribution in [0.15, 0.2) is 0 Å². The molecule has 0 amide bonds. The van der Waals surface area contributed by atoms with Crippen LogP contribution in [0.1, 0.15) is 13.8 Å². The molecule has 1 unspecified atom stereocenters. The fourth-order valence-electron chi connectivity index (χ4n) is 1.78. The van der Waals surface area contributed by atoms with Crippen LogP contribution in [0.4, 0.5) is 0 Å². The van der Waals surface area contributed by atoms with Crippen molar-refractivity contribution in [1.82, 2.24) is 10.2 Å². The molecule has 0 aromatic rings. The number of methoxy groups -OCH3 is 1. The first-order valence-corrected chi connectivity index (χ1v) is 5.17. The maximum atomic E-state index is 11.2. The van der Waals surface area contributed by atoms with Crippen LogP contribution in [0, 0.1) is 5.92 Å². The highest BCUT2D eigenvalue weighted by molar-refractivity contribution is 5.72. The number of hydrogen-bond donors (Lipinski definition) is 1. The second-order valence-electron chi connectivity index (χ2n) is 3.97. The molecular formula is C10H20N2O2. The number of carbonyl (C=O) groups excluding carboxylic acids is 1. The average molecular weight is 200 g/mol. The lowest BCUT2D eigenvalue weighted by atomic mass is 10.1. The number of nitrogens with one attached hydrogen (secondary N) is 1. The van der Waals surface area contributed by atoms with Gasteiger partial charge >= 0.3 is 5.97 Å². The van der Waals surface area contributed by atoms with Crippen molar-refractivity contribution in [2.75, 3.05) is 33.3 Å². The summed E-state index contributed by atoms with van der Waals surface area (Å²) in [7, 11) is 1.44. The summed E-state index contributed by atoms with van der Waals surface area (Å²) in [5.41, 5.74) is 0. The van der Waals surface area contributed by atoms with Gasteiger partial charge in [-0.2, -0.15) is 0 Å².